The smallest absolute Gasteiger partial charge is 0.235 e. The van der Waals surface area contributed by atoms with Gasteiger partial charge in [-0.25, -0.2) is 0 Å². The molecule has 1 spiro atoms. The number of carbonyl (C=O) groups excluding carboxylic acids is 2. The molecule has 2 fully saturated rings. The van der Waals surface area contributed by atoms with Crippen molar-refractivity contribution in [1.82, 2.24) is 4.90 Å². The van der Waals surface area contributed by atoms with Gasteiger partial charge in [0.25, 0.3) is 0 Å². The lowest BCUT2D eigenvalue weighted by molar-refractivity contribution is -0.143. The number of aliphatic hydroxyl groups excluding tert-OH is 1. The maximum Gasteiger partial charge on any atom is 0.235 e. The first kappa shape index (κ1) is 15.5. The van der Waals surface area contributed by atoms with Crippen molar-refractivity contribution in [3.05, 3.63) is 0 Å². The highest BCUT2D eigenvalue weighted by Crippen LogP contribution is 2.44. The average Bonchev–Trinajstić information content (AvgIpc) is 2.56. The van der Waals surface area contributed by atoms with E-state index in [1.807, 2.05) is 13.8 Å². The van der Waals surface area contributed by atoms with Gasteiger partial charge in [0.2, 0.25) is 11.8 Å². The number of rotatable bonds is 4. The Morgan fingerprint density at radius 1 is 1.15 bits per heavy atom. The molecule has 1 N–H and O–H groups in total. The molecule has 2 amide bonds. The van der Waals surface area contributed by atoms with Crippen LogP contribution in [0.3, 0.4) is 0 Å². The normalized spacial score (nSPS) is 24.5. The number of amides is 2. The van der Waals surface area contributed by atoms with E-state index in [9.17, 15) is 14.7 Å². The molecule has 0 aromatic rings. The quantitative estimate of drug-likeness (QED) is 0.805. The molecule has 2 rings (SSSR count). The van der Waals surface area contributed by atoms with Gasteiger partial charge in [0.1, 0.15) is 0 Å². The highest BCUT2D eigenvalue weighted by molar-refractivity contribution is 6.05. The zero-order valence-electron chi connectivity index (χ0n) is 12.7. The standard InChI is InChI=1S/C16H27NO3/c1-12(2)9-13(18)11-17-14(19)10-16(15(17)20)7-5-3-4-6-8-16/h12-13,18H,3-11H2,1-2H3. The number of likely N-dealkylation sites (tertiary alicyclic amines) is 1. The van der Waals surface area contributed by atoms with Crippen molar-refractivity contribution in [3.8, 4) is 0 Å². The van der Waals surface area contributed by atoms with Gasteiger partial charge in [-0.3, -0.25) is 14.5 Å². The minimum absolute atomic E-state index is 0.0211. The molecule has 1 saturated heterocycles. The lowest BCUT2D eigenvalue weighted by Gasteiger charge is -2.26. The average molecular weight is 281 g/mol. The van der Waals surface area contributed by atoms with Crippen LogP contribution in [0, 0.1) is 11.3 Å². The first-order valence-corrected chi connectivity index (χ1v) is 7.97. The zero-order chi connectivity index (χ0) is 14.8. The Balaban J connectivity index is 2.04. The van der Waals surface area contributed by atoms with Crippen molar-refractivity contribution in [2.24, 2.45) is 11.3 Å². The summed E-state index contributed by atoms with van der Waals surface area (Å²) in [5, 5.41) is 10.0. The van der Waals surface area contributed by atoms with Crippen molar-refractivity contribution >= 4 is 11.8 Å². The second-order valence-corrected chi connectivity index (χ2v) is 6.96. The van der Waals surface area contributed by atoms with Crippen LogP contribution in [0.15, 0.2) is 0 Å². The Kier molecular flexibility index (Phi) is 4.84. The topological polar surface area (TPSA) is 57.6 Å². The van der Waals surface area contributed by atoms with E-state index in [1.165, 1.54) is 17.7 Å². The van der Waals surface area contributed by atoms with E-state index in [0.29, 0.717) is 18.8 Å². The molecule has 0 aromatic heterocycles. The Bertz CT molecular complexity index is 370. The Morgan fingerprint density at radius 3 is 2.30 bits per heavy atom. The molecule has 20 heavy (non-hydrogen) atoms. The summed E-state index contributed by atoms with van der Waals surface area (Å²) in [7, 11) is 0. The minimum Gasteiger partial charge on any atom is -0.391 e. The maximum absolute atomic E-state index is 12.7. The van der Waals surface area contributed by atoms with Crippen LogP contribution in [0.25, 0.3) is 0 Å². The zero-order valence-corrected chi connectivity index (χ0v) is 12.7. The monoisotopic (exact) mass is 281 g/mol. The number of aliphatic hydroxyl groups is 1. The Labute approximate surface area is 121 Å². The van der Waals surface area contributed by atoms with E-state index in [1.54, 1.807) is 0 Å². The van der Waals surface area contributed by atoms with Gasteiger partial charge in [-0.2, -0.15) is 0 Å². The number of imide groups is 1. The molecule has 4 heteroatoms. The molecule has 1 atom stereocenters. The lowest BCUT2D eigenvalue weighted by atomic mass is 9.79. The number of nitrogens with zero attached hydrogens (tertiary/aromatic N) is 1. The summed E-state index contributed by atoms with van der Waals surface area (Å²) in [6.07, 6.45) is 6.50. The van der Waals surface area contributed by atoms with Crippen LogP contribution in [-0.4, -0.2) is 34.5 Å². The molecule has 1 aliphatic heterocycles. The molecule has 1 saturated carbocycles. The summed E-state index contributed by atoms with van der Waals surface area (Å²) in [6, 6.07) is 0. The fraction of sp³-hybridized carbons (Fsp3) is 0.875. The summed E-state index contributed by atoms with van der Waals surface area (Å²) in [6.45, 7) is 4.24. The van der Waals surface area contributed by atoms with Crippen LogP contribution in [0.4, 0.5) is 0 Å². The van der Waals surface area contributed by atoms with Crippen LogP contribution in [0.5, 0.6) is 0 Å². The molecule has 1 heterocycles. The second kappa shape index (κ2) is 6.25. The van der Waals surface area contributed by atoms with Gasteiger partial charge in [-0.1, -0.05) is 39.5 Å². The van der Waals surface area contributed by atoms with Crippen molar-refractivity contribution < 1.29 is 14.7 Å². The van der Waals surface area contributed by atoms with E-state index in [0.717, 1.165) is 25.7 Å². The number of hydrogen-bond donors (Lipinski definition) is 1. The molecule has 0 radical (unpaired) electrons. The fourth-order valence-corrected chi connectivity index (χ4v) is 3.67. The third-order valence-electron chi connectivity index (χ3n) is 4.69. The van der Waals surface area contributed by atoms with E-state index in [2.05, 4.69) is 0 Å². The summed E-state index contributed by atoms with van der Waals surface area (Å²) in [5.41, 5.74) is -0.439. The van der Waals surface area contributed by atoms with Crippen LogP contribution in [0.2, 0.25) is 0 Å². The summed E-state index contributed by atoms with van der Waals surface area (Å²) in [4.78, 5) is 26.2. The maximum atomic E-state index is 12.7. The van der Waals surface area contributed by atoms with Gasteiger partial charge in [-0.05, 0) is 25.2 Å². The van der Waals surface area contributed by atoms with E-state index < -0.39 is 11.5 Å². The van der Waals surface area contributed by atoms with Gasteiger partial charge >= 0.3 is 0 Å². The third kappa shape index (κ3) is 3.22. The van der Waals surface area contributed by atoms with Crippen molar-refractivity contribution in [2.45, 2.75) is 71.3 Å². The van der Waals surface area contributed by atoms with Crippen LogP contribution in [-0.2, 0) is 9.59 Å². The summed E-state index contributed by atoms with van der Waals surface area (Å²) in [5.74, 6) is 0.261. The molecule has 2 aliphatic rings. The lowest BCUT2D eigenvalue weighted by Crippen LogP contribution is -2.40. The van der Waals surface area contributed by atoms with E-state index >= 15 is 0 Å². The molecule has 1 unspecified atom stereocenters. The van der Waals surface area contributed by atoms with Gasteiger partial charge in [-0.15, -0.1) is 0 Å². The number of β-amino-alcohol motifs (C(OH)–C–C–N with tert-alkyl or cyclic N) is 1. The fourth-order valence-electron chi connectivity index (χ4n) is 3.67. The van der Waals surface area contributed by atoms with Crippen LogP contribution in [0.1, 0.15) is 65.2 Å². The van der Waals surface area contributed by atoms with Gasteiger partial charge < -0.3 is 5.11 Å². The third-order valence-corrected chi connectivity index (χ3v) is 4.69. The van der Waals surface area contributed by atoms with Gasteiger partial charge in [0, 0.05) is 6.42 Å². The molecular weight excluding hydrogens is 254 g/mol. The molecule has 0 bridgehead atoms. The van der Waals surface area contributed by atoms with Crippen molar-refractivity contribution in [1.29, 1.82) is 0 Å². The van der Waals surface area contributed by atoms with Crippen molar-refractivity contribution in [3.63, 3.8) is 0 Å². The first-order valence-electron chi connectivity index (χ1n) is 7.97. The Hall–Kier alpha value is -0.900. The van der Waals surface area contributed by atoms with E-state index in [4.69, 9.17) is 0 Å². The predicted molar refractivity (Wildman–Crippen MR) is 76.9 cm³/mol. The molecule has 1 aliphatic carbocycles. The van der Waals surface area contributed by atoms with Crippen LogP contribution < -0.4 is 0 Å². The minimum atomic E-state index is -0.594. The molecular formula is C16H27NO3. The highest BCUT2D eigenvalue weighted by Gasteiger charge is 2.51. The highest BCUT2D eigenvalue weighted by atomic mass is 16.3. The SMILES string of the molecule is CC(C)CC(O)CN1C(=O)CC2(CCCCCC2)C1=O. The van der Waals surface area contributed by atoms with E-state index in [-0.39, 0.29) is 18.4 Å². The van der Waals surface area contributed by atoms with Gasteiger partial charge in [0.05, 0.1) is 18.1 Å². The first-order chi connectivity index (χ1) is 9.44. The number of hydrogen-bond acceptors (Lipinski definition) is 3. The largest absolute Gasteiger partial charge is 0.391 e. The van der Waals surface area contributed by atoms with Crippen LogP contribution >= 0.6 is 0 Å². The van der Waals surface area contributed by atoms with Gasteiger partial charge in [0.15, 0.2) is 0 Å². The molecule has 0 aromatic carbocycles. The molecule has 4 nitrogen and oxygen atoms in total. The summed E-state index contributed by atoms with van der Waals surface area (Å²) < 4.78 is 0. The Morgan fingerprint density at radius 2 is 1.75 bits per heavy atom. The van der Waals surface area contributed by atoms with Crippen molar-refractivity contribution in [2.75, 3.05) is 6.54 Å². The number of carbonyl (C=O) groups is 2. The second-order valence-electron chi connectivity index (χ2n) is 6.96. The predicted octanol–water partition coefficient (Wildman–Crippen LogP) is 2.49. The molecule has 114 valence electrons. The summed E-state index contributed by atoms with van der Waals surface area (Å²) >= 11 is 0.